The van der Waals surface area contributed by atoms with Crippen molar-refractivity contribution in [2.45, 2.75) is 13.1 Å². The first-order chi connectivity index (χ1) is 15.1. The third-order valence-corrected chi connectivity index (χ3v) is 5.26. The summed E-state index contributed by atoms with van der Waals surface area (Å²) in [6.07, 6.45) is -0.552. The first-order valence-corrected chi connectivity index (χ1v) is 9.96. The van der Waals surface area contributed by atoms with E-state index in [1.165, 1.54) is 6.07 Å². The second-order valence-electron chi connectivity index (χ2n) is 7.33. The van der Waals surface area contributed by atoms with Gasteiger partial charge >= 0.3 is 0 Å². The maximum absolute atomic E-state index is 12.9. The molecule has 1 aliphatic rings. The summed E-state index contributed by atoms with van der Waals surface area (Å²) in [5, 5.41) is 8.59. The highest BCUT2D eigenvalue weighted by atomic mass is 16.5. The van der Waals surface area contributed by atoms with Gasteiger partial charge in [-0.05, 0) is 42.0 Å². The topological polar surface area (TPSA) is 80.5 Å². The summed E-state index contributed by atoms with van der Waals surface area (Å²) >= 11 is 0. The van der Waals surface area contributed by atoms with Crippen LogP contribution < -0.4 is 20.9 Å². The Bertz CT molecular complexity index is 1350. The number of aryl methyl sites for hydroxylation is 1. The smallest absolute Gasteiger partial charge is 0.257 e. The van der Waals surface area contributed by atoms with Gasteiger partial charge in [-0.15, -0.1) is 0 Å². The predicted molar refractivity (Wildman–Crippen MR) is 123 cm³/mol. The SMILES string of the molecule is COc1ccc(NC2=N[C@@H](c3cccc4ccccc34)n3c(nc(C)cc3=O)N2)cc1. The zero-order valence-electron chi connectivity index (χ0n) is 17.2. The molecule has 0 saturated carbocycles. The highest BCUT2D eigenvalue weighted by molar-refractivity contribution is 6.03. The van der Waals surface area contributed by atoms with Gasteiger partial charge in [0.1, 0.15) is 5.75 Å². The molecule has 2 heterocycles. The van der Waals surface area contributed by atoms with E-state index in [1.54, 1.807) is 18.6 Å². The Balaban J connectivity index is 1.64. The number of rotatable bonds is 3. The molecule has 31 heavy (non-hydrogen) atoms. The number of aliphatic imine (C=N–C) groups is 1. The third-order valence-electron chi connectivity index (χ3n) is 5.26. The number of fused-ring (bicyclic) bond motifs is 2. The third kappa shape index (κ3) is 3.50. The minimum atomic E-state index is -0.552. The molecule has 3 aromatic carbocycles. The van der Waals surface area contributed by atoms with E-state index < -0.39 is 6.17 Å². The second-order valence-corrected chi connectivity index (χ2v) is 7.33. The lowest BCUT2D eigenvalue weighted by Gasteiger charge is -2.27. The van der Waals surface area contributed by atoms with Gasteiger partial charge in [0.2, 0.25) is 11.9 Å². The number of nitrogens with one attached hydrogen (secondary N) is 2. The van der Waals surface area contributed by atoms with E-state index in [1.807, 2.05) is 54.6 Å². The summed E-state index contributed by atoms with van der Waals surface area (Å²) in [4.78, 5) is 22.3. The van der Waals surface area contributed by atoms with Crippen molar-refractivity contribution < 1.29 is 4.74 Å². The number of ether oxygens (including phenoxy) is 1. The summed E-state index contributed by atoms with van der Waals surface area (Å²) in [6.45, 7) is 1.80. The fourth-order valence-corrected chi connectivity index (χ4v) is 3.81. The van der Waals surface area contributed by atoms with Crippen LogP contribution in [0.15, 0.2) is 82.6 Å². The highest BCUT2D eigenvalue weighted by Gasteiger charge is 2.26. The number of aromatic nitrogens is 2. The zero-order valence-corrected chi connectivity index (χ0v) is 17.2. The Hall–Kier alpha value is -4.13. The van der Waals surface area contributed by atoms with Crippen molar-refractivity contribution in [3.8, 4) is 5.75 Å². The van der Waals surface area contributed by atoms with Gasteiger partial charge in [0.05, 0.1) is 7.11 Å². The van der Waals surface area contributed by atoms with E-state index in [-0.39, 0.29) is 5.56 Å². The van der Waals surface area contributed by atoms with Crippen LogP contribution in [0, 0.1) is 6.92 Å². The Morgan fingerprint density at radius 2 is 1.81 bits per heavy atom. The van der Waals surface area contributed by atoms with Gasteiger partial charge in [0, 0.05) is 23.0 Å². The molecule has 5 rings (SSSR count). The molecule has 0 aliphatic carbocycles. The van der Waals surface area contributed by atoms with Gasteiger partial charge < -0.3 is 10.1 Å². The number of methoxy groups -OCH3 is 1. The fourth-order valence-electron chi connectivity index (χ4n) is 3.81. The van der Waals surface area contributed by atoms with E-state index in [0.29, 0.717) is 17.6 Å². The van der Waals surface area contributed by atoms with Gasteiger partial charge in [-0.2, -0.15) is 0 Å². The van der Waals surface area contributed by atoms with Gasteiger partial charge in [-0.3, -0.25) is 14.7 Å². The maximum atomic E-state index is 12.9. The van der Waals surface area contributed by atoms with E-state index in [2.05, 4.69) is 27.8 Å². The Morgan fingerprint density at radius 1 is 1.03 bits per heavy atom. The molecule has 154 valence electrons. The van der Waals surface area contributed by atoms with Crippen molar-refractivity contribution in [3.63, 3.8) is 0 Å². The molecule has 1 atom stereocenters. The van der Waals surface area contributed by atoms with E-state index in [4.69, 9.17) is 9.73 Å². The minimum Gasteiger partial charge on any atom is -0.497 e. The minimum absolute atomic E-state index is 0.153. The van der Waals surface area contributed by atoms with Crippen molar-refractivity contribution in [2.24, 2.45) is 4.99 Å². The molecule has 0 unspecified atom stereocenters. The summed E-state index contributed by atoms with van der Waals surface area (Å²) in [5.41, 5.74) is 2.26. The van der Waals surface area contributed by atoms with Crippen molar-refractivity contribution in [2.75, 3.05) is 17.7 Å². The number of guanidine groups is 1. The van der Waals surface area contributed by atoms with Crippen LogP contribution in [-0.4, -0.2) is 22.6 Å². The Morgan fingerprint density at radius 3 is 2.61 bits per heavy atom. The first kappa shape index (κ1) is 18.9. The number of hydrogen-bond donors (Lipinski definition) is 2. The molecule has 0 fully saturated rings. The van der Waals surface area contributed by atoms with Crippen LogP contribution in [-0.2, 0) is 0 Å². The van der Waals surface area contributed by atoms with Crippen LogP contribution in [0.1, 0.15) is 17.4 Å². The van der Waals surface area contributed by atoms with Crippen molar-refractivity contribution in [3.05, 3.63) is 94.4 Å². The van der Waals surface area contributed by atoms with Crippen LogP contribution in [0.25, 0.3) is 10.8 Å². The Labute approximate surface area is 179 Å². The van der Waals surface area contributed by atoms with Gasteiger partial charge in [0.25, 0.3) is 5.56 Å². The molecule has 1 aromatic heterocycles. The van der Waals surface area contributed by atoms with Crippen LogP contribution in [0.3, 0.4) is 0 Å². The molecule has 1 aliphatic heterocycles. The van der Waals surface area contributed by atoms with Crippen LogP contribution in [0.2, 0.25) is 0 Å². The normalized spacial score (nSPS) is 15.0. The van der Waals surface area contributed by atoms with E-state index in [9.17, 15) is 4.79 Å². The molecule has 0 spiro atoms. The van der Waals surface area contributed by atoms with Crippen LogP contribution >= 0.6 is 0 Å². The molecule has 0 bridgehead atoms. The van der Waals surface area contributed by atoms with Gasteiger partial charge in [-0.1, -0.05) is 42.5 Å². The maximum Gasteiger partial charge on any atom is 0.257 e. The molecule has 0 amide bonds. The molecule has 0 radical (unpaired) electrons. The first-order valence-electron chi connectivity index (χ1n) is 9.96. The summed E-state index contributed by atoms with van der Waals surface area (Å²) in [6, 6.07) is 23.2. The average molecular weight is 411 g/mol. The van der Waals surface area contributed by atoms with Gasteiger partial charge in [0.15, 0.2) is 6.17 Å². The molecular weight excluding hydrogens is 390 g/mol. The molecule has 4 aromatic rings. The van der Waals surface area contributed by atoms with Crippen molar-refractivity contribution >= 4 is 28.4 Å². The average Bonchev–Trinajstić information content (AvgIpc) is 2.78. The number of benzene rings is 3. The predicted octanol–water partition coefficient (Wildman–Crippen LogP) is 4.15. The standard InChI is InChI=1S/C24H21N5O2/c1-15-14-21(30)29-22(20-9-5-7-16-6-3-4-8-19(16)20)27-23(28-24(29)25-15)26-17-10-12-18(31-2)13-11-17/h3-14,22H,1-2H3,(H2,25,26,27,28)/t22-/m1/s1. The lowest BCUT2D eigenvalue weighted by molar-refractivity contribution is 0.415. The monoisotopic (exact) mass is 411 g/mol. The molecule has 2 N–H and O–H groups in total. The van der Waals surface area contributed by atoms with Crippen LogP contribution in [0.4, 0.5) is 11.6 Å². The number of nitrogens with zero attached hydrogens (tertiary/aromatic N) is 3. The number of anilines is 2. The fraction of sp³-hybridized carbons (Fsp3) is 0.125. The summed E-state index contributed by atoms with van der Waals surface area (Å²) < 4.78 is 6.82. The largest absolute Gasteiger partial charge is 0.497 e. The van der Waals surface area contributed by atoms with Gasteiger partial charge in [-0.25, -0.2) is 9.98 Å². The molecule has 0 saturated heterocycles. The second kappa shape index (κ2) is 7.60. The lowest BCUT2D eigenvalue weighted by Crippen LogP contribution is -2.37. The van der Waals surface area contributed by atoms with Crippen molar-refractivity contribution in [1.82, 2.24) is 9.55 Å². The lowest BCUT2D eigenvalue weighted by atomic mass is 10.0. The quantitative estimate of drug-likeness (QED) is 0.529. The van der Waals surface area contributed by atoms with Crippen LogP contribution in [0.5, 0.6) is 5.75 Å². The number of hydrogen-bond acceptors (Lipinski definition) is 6. The molecular formula is C24H21N5O2. The highest BCUT2D eigenvalue weighted by Crippen LogP contribution is 2.31. The molecule has 7 heteroatoms. The summed E-state index contributed by atoms with van der Waals surface area (Å²) in [5.74, 6) is 1.74. The van der Waals surface area contributed by atoms with E-state index >= 15 is 0 Å². The Kier molecular flexibility index (Phi) is 4.63. The van der Waals surface area contributed by atoms with Crippen molar-refractivity contribution in [1.29, 1.82) is 0 Å². The zero-order chi connectivity index (χ0) is 21.4. The molecule has 7 nitrogen and oxygen atoms in total. The summed E-state index contributed by atoms with van der Waals surface area (Å²) in [7, 11) is 1.63. The van der Waals surface area contributed by atoms with E-state index in [0.717, 1.165) is 27.8 Å².